The molecule has 0 atom stereocenters. The maximum Gasteiger partial charge on any atom is 0.255 e. The molecule has 3 aromatic rings. The van der Waals surface area contributed by atoms with Crippen molar-refractivity contribution in [2.24, 2.45) is 0 Å². The van der Waals surface area contributed by atoms with Crippen LogP contribution < -0.4 is 10.9 Å². The van der Waals surface area contributed by atoms with Gasteiger partial charge in [-0.25, -0.2) is 4.98 Å². The van der Waals surface area contributed by atoms with Crippen molar-refractivity contribution in [3.05, 3.63) is 64.1 Å². The van der Waals surface area contributed by atoms with Crippen LogP contribution in [-0.4, -0.2) is 21.6 Å². The van der Waals surface area contributed by atoms with Gasteiger partial charge in [0.05, 0.1) is 11.4 Å². The predicted molar refractivity (Wildman–Crippen MR) is 103 cm³/mol. The Balaban J connectivity index is 1.46. The van der Waals surface area contributed by atoms with E-state index in [1.165, 1.54) is 11.8 Å². The number of benzene rings is 2. The van der Waals surface area contributed by atoms with Crippen molar-refractivity contribution in [2.75, 3.05) is 11.1 Å². The molecule has 126 valence electrons. The van der Waals surface area contributed by atoms with E-state index in [1.807, 2.05) is 42.5 Å². The molecule has 1 amide bonds. The first kappa shape index (κ1) is 16.2. The standard InChI is InChI=1S/C18H15N3O2S2/c22-16(19-14-7-3-5-11-4-1-2-6-12(11)14)10-25-18-20-15-9-24-8-13(15)17(23)21-18/h1-7H,8-10H2,(H,19,22)(H,20,21,23). The van der Waals surface area contributed by atoms with E-state index in [4.69, 9.17) is 0 Å². The van der Waals surface area contributed by atoms with Gasteiger partial charge in [0.2, 0.25) is 5.91 Å². The van der Waals surface area contributed by atoms with E-state index < -0.39 is 0 Å². The summed E-state index contributed by atoms with van der Waals surface area (Å²) in [6, 6.07) is 13.7. The Morgan fingerprint density at radius 3 is 2.96 bits per heavy atom. The number of H-pyrrole nitrogens is 1. The lowest BCUT2D eigenvalue weighted by Gasteiger charge is -2.08. The number of hydrogen-bond donors (Lipinski definition) is 2. The van der Waals surface area contributed by atoms with Crippen LogP contribution in [0, 0.1) is 0 Å². The molecular formula is C18H15N3O2S2. The maximum absolute atomic E-state index is 12.3. The highest BCUT2D eigenvalue weighted by Crippen LogP contribution is 2.27. The number of rotatable bonds is 4. The summed E-state index contributed by atoms with van der Waals surface area (Å²) in [6.07, 6.45) is 0. The van der Waals surface area contributed by atoms with E-state index in [0.29, 0.717) is 10.9 Å². The lowest BCUT2D eigenvalue weighted by Crippen LogP contribution is -2.17. The SMILES string of the molecule is O=C(CSc1nc2c(c(=O)[nH]1)CSC2)Nc1cccc2ccccc12. The lowest BCUT2D eigenvalue weighted by atomic mass is 10.1. The highest BCUT2D eigenvalue weighted by molar-refractivity contribution is 7.99. The maximum atomic E-state index is 12.3. The summed E-state index contributed by atoms with van der Waals surface area (Å²) >= 11 is 2.93. The fraction of sp³-hybridized carbons (Fsp3) is 0.167. The summed E-state index contributed by atoms with van der Waals surface area (Å²) in [7, 11) is 0. The van der Waals surface area contributed by atoms with Crippen LogP contribution in [-0.2, 0) is 16.3 Å². The normalized spacial score (nSPS) is 13.0. The molecule has 0 radical (unpaired) electrons. The molecule has 0 saturated carbocycles. The minimum absolute atomic E-state index is 0.0908. The quantitative estimate of drug-likeness (QED) is 0.545. The van der Waals surface area contributed by atoms with E-state index in [-0.39, 0.29) is 17.2 Å². The number of nitrogens with zero attached hydrogens (tertiary/aromatic N) is 1. The molecule has 25 heavy (non-hydrogen) atoms. The Kier molecular flexibility index (Phi) is 4.50. The van der Waals surface area contributed by atoms with E-state index in [1.54, 1.807) is 11.8 Å². The number of aromatic amines is 1. The van der Waals surface area contributed by atoms with Crippen molar-refractivity contribution < 1.29 is 4.79 Å². The third kappa shape index (κ3) is 3.43. The zero-order valence-electron chi connectivity index (χ0n) is 13.2. The summed E-state index contributed by atoms with van der Waals surface area (Å²) in [6.45, 7) is 0. The molecule has 7 heteroatoms. The molecule has 4 rings (SSSR count). The van der Waals surface area contributed by atoms with Gasteiger partial charge in [0, 0.05) is 28.1 Å². The van der Waals surface area contributed by atoms with Crippen molar-refractivity contribution in [3.8, 4) is 0 Å². The fourth-order valence-electron chi connectivity index (χ4n) is 2.76. The van der Waals surface area contributed by atoms with E-state index in [9.17, 15) is 9.59 Å². The van der Waals surface area contributed by atoms with Gasteiger partial charge in [0.25, 0.3) is 5.56 Å². The Labute approximate surface area is 152 Å². The zero-order chi connectivity index (χ0) is 17.2. The molecule has 1 aliphatic rings. The van der Waals surface area contributed by atoms with Crippen LogP contribution in [0.4, 0.5) is 5.69 Å². The van der Waals surface area contributed by atoms with Crippen molar-refractivity contribution >= 4 is 45.9 Å². The van der Waals surface area contributed by atoms with E-state index >= 15 is 0 Å². The number of carbonyl (C=O) groups is 1. The van der Waals surface area contributed by atoms with Gasteiger partial charge in [0.15, 0.2) is 5.16 Å². The van der Waals surface area contributed by atoms with Gasteiger partial charge in [-0.15, -0.1) is 0 Å². The summed E-state index contributed by atoms with van der Waals surface area (Å²) < 4.78 is 0. The van der Waals surface area contributed by atoms with Gasteiger partial charge in [-0.3, -0.25) is 9.59 Å². The molecule has 0 bridgehead atoms. The average Bonchev–Trinajstić information content (AvgIpc) is 3.10. The van der Waals surface area contributed by atoms with Gasteiger partial charge in [0.1, 0.15) is 0 Å². The number of thioether (sulfide) groups is 2. The molecule has 0 aliphatic carbocycles. The van der Waals surface area contributed by atoms with Gasteiger partial charge in [-0.05, 0) is 11.5 Å². The van der Waals surface area contributed by atoms with E-state index in [0.717, 1.165) is 33.5 Å². The average molecular weight is 369 g/mol. The molecule has 2 aromatic carbocycles. The van der Waals surface area contributed by atoms with Crippen molar-refractivity contribution in [1.82, 2.24) is 9.97 Å². The highest BCUT2D eigenvalue weighted by atomic mass is 32.2. The van der Waals surface area contributed by atoms with Crippen molar-refractivity contribution in [3.63, 3.8) is 0 Å². The van der Waals surface area contributed by atoms with Crippen LogP contribution >= 0.6 is 23.5 Å². The number of hydrogen-bond acceptors (Lipinski definition) is 5. The van der Waals surface area contributed by atoms with Crippen LogP contribution in [0.15, 0.2) is 52.4 Å². The summed E-state index contributed by atoms with van der Waals surface area (Å²) in [4.78, 5) is 31.5. The Morgan fingerprint density at radius 2 is 2.04 bits per heavy atom. The second-order valence-electron chi connectivity index (χ2n) is 5.65. The first-order valence-corrected chi connectivity index (χ1v) is 9.95. The fourth-order valence-corrected chi connectivity index (χ4v) is 4.48. The van der Waals surface area contributed by atoms with Gasteiger partial charge in [-0.1, -0.05) is 48.2 Å². The zero-order valence-corrected chi connectivity index (χ0v) is 14.9. The largest absolute Gasteiger partial charge is 0.325 e. The lowest BCUT2D eigenvalue weighted by molar-refractivity contribution is -0.113. The van der Waals surface area contributed by atoms with Crippen LogP contribution in [0.5, 0.6) is 0 Å². The Morgan fingerprint density at radius 1 is 1.20 bits per heavy atom. The number of aromatic nitrogens is 2. The van der Waals surface area contributed by atoms with Gasteiger partial charge < -0.3 is 10.3 Å². The number of carbonyl (C=O) groups excluding carboxylic acids is 1. The summed E-state index contributed by atoms with van der Waals surface area (Å²) in [5, 5.41) is 5.52. The first-order valence-electron chi connectivity index (χ1n) is 7.81. The topological polar surface area (TPSA) is 74.8 Å². The van der Waals surface area contributed by atoms with Crippen LogP contribution in [0.25, 0.3) is 10.8 Å². The number of anilines is 1. The molecule has 2 heterocycles. The minimum atomic E-state index is -0.126. The Hall–Kier alpha value is -2.25. The number of amides is 1. The molecule has 0 spiro atoms. The van der Waals surface area contributed by atoms with Crippen LogP contribution in [0.2, 0.25) is 0 Å². The molecular weight excluding hydrogens is 354 g/mol. The van der Waals surface area contributed by atoms with Crippen LogP contribution in [0.1, 0.15) is 11.3 Å². The third-order valence-electron chi connectivity index (χ3n) is 3.97. The van der Waals surface area contributed by atoms with Crippen LogP contribution in [0.3, 0.4) is 0 Å². The molecule has 5 nitrogen and oxygen atoms in total. The predicted octanol–water partition coefficient (Wildman–Crippen LogP) is 3.40. The molecule has 0 unspecified atom stereocenters. The van der Waals surface area contributed by atoms with Crippen molar-refractivity contribution in [2.45, 2.75) is 16.7 Å². The number of nitrogens with one attached hydrogen (secondary N) is 2. The second kappa shape index (κ2) is 6.93. The minimum Gasteiger partial charge on any atom is -0.325 e. The van der Waals surface area contributed by atoms with Crippen molar-refractivity contribution in [1.29, 1.82) is 0 Å². The van der Waals surface area contributed by atoms with E-state index in [2.05, 4.69) is 15.3 Å². The summed E-state index contributed by atoms with van der Waals surface area (Å²) in [5.74, 6) is 1.54. The van der Waals surface area contributed by atoms with Gasteiger partial charge in [-0.2, -0.15) is 11.8 Å². The van der Waals surface area contributed by atoms with Gasteiger partial charge >= 0.3 is 0 Å². The smallest absolute Gasteiger partial charge is 0.255 e. The monoisotopic (exact) mass is 369 g/mol. The Bertz CT molecular complexity index is 1010. The third-order valence-corrected chi connectivity index (χ3v) is 5.81. The molecule has 0 fully saturated rings. The summed E-state index contributed by atoms with van der Waals surface area (Å²) in [5.41, 5.74) is 2.29. The molecule has 2 N–H and O–H groups in total. The molecule has 0 saturated heterocycles. The second-order valence-corrected chi connectivity index (χ2v) is 7.60. The molecule has 1 aromatic heterocycles. The highest BCUT2D eigenvalue weighted by Gasteiger charge is 2.18. The number of fused-ring (bicyclic) bond motifs is 2. The first-order chi connectivity index (χ1) is 12.2. The molecule has 1 aliphatic heterocycles.